The summed E-state index contributed by atoms with van der Waals surface area (Å²) in [5.74, 6) is 0.522. The van der Waals surface area contributed by atoms with Crippen LogP contribution in [0.4, 0.5) is 5.82 Å². The van der Waals surface area contributed by atoms with Crippen molar-refractivity contribution in [2.24, 2.45) is 0 Å². The Bertz CT molecular complexity index is 524. The lowest BCUT2D eigenvalue weighted by Gasteiger charge is -2.10. The number of hydrogen-bond acceptors (Lipinski definition) is 3. The number of nitrogens with zero attached hydrogens (tertiary/aromatic N) is 1. The van der Waals surface area contributed by atoms with Gasteiger partial charge in [-0.15, -0.1) is 11.8 Å². The van der Waals surface area contributed by atoms with Gasteiger partial charge in [-0.2, -0.15) is 5.10 Å². The topological polar surface area (TPSA) is 57.8 Å². The number of carbonyl (C=O) groups excluding carboxylic acids is 1. The molecule has 1 atom stereocenters. The Morgan fingerprint density at radius 2 is 2.11 bits per heavy atom. The molecular weight excluding hydrogens is 246 g/mol. The van der Waals surface area contributed by atoms with E-state index in [1.807, 2.05) is 44.2 Å². The van der Waals surface area contributed by atoms with Gasteiger partial charge in [-0.3, -0.25) is 9.89 Å². The molecule has 1 aromatic carbocycles. The molecule has 0 fully saturated rings. The normalized spacial score (nSPS) is 12.1. The van der Waals surface area contributed by atoms with Crippen molar-refractivity contribution >= 4 is 23.5 Å². The van der Waals surface area contributed by atoms with Crippen LogP contribution in [0.5, 0.6) is 0 Å². The van der Waals surface area contributed by atoms with Gasteiger partial charge in [0.25, 0.3) is 0 Å². The number of aromatic amines is 1. The van der Waals surface area contributed by atoms with Crippen LogP contribution < -0.4 is 5.32 Å². The first kappa shape index (κ1) is 12.7. The van der Waals surface area contributed by atoms with Crippen LogP contribution in [-0.4, -0.2) is 21.4 Å². The summed E-state index contributed by atoms with van der Waals surface area (Å²) < 4.78 is 0. The molecule has 0 saturated carbocycles. The highest BCUT2D eigenvalue weighted by molar-refractivity contribution is 8.00. The third-order valence-corrected chi connectivity index (χ3v) is 3.49. The van der Waals surface area contributed by atoms with E-state index < -0.39 is 0 Å². The van der Waals surface area contributed by atoms with Gasteiger partial charge in [0.1, 0.15) is 0 Å². The predicted octanol–water partition coefficient (Wildman–Crippen LogP) is 2.84. The number of rotatable bonds is 4. The molecule has 0 radical (unpaired) electrons. The second kappa shape index (κ2) is 5.73. The zero-order valence-electron chi connectivity index (χ0n) is 10.3. The van der Waals surface area contributed by atoms with Crippen LogP contribution in [0.25, 0.3) is 0 Å². The zero-order chi connectivity index (χ0) is 13.0. The third kappa shape index (κ3) is 3.37. The van der Waals surface area contributed by atoms with Crippen molar-refractivity contribution in [3.05, 3.63) is 42.1 Å². The average molecular weight is 261 g/mol. The second-order valence-corrected chi connectivity index (χ2v) is 5.41. The molecule has 1 unspecified atom stereocenters. The molecule has 0 aliphatic heterocycles. The monoisotopic (exact) mass is 261 g/mol. The number of aryl methyl sites for hydroxylation is 1. The minimum absolute atomic E-state index is 0.0460. The zero-order valence-corrected chi connectivity index (χ0v) is 11.1. The number of aromatic nitrogens is 2. The van der Waals surface area contributed by atoms with Crippen molar-refractivity contribution in [1.29, 1.82) is 0 Å². The number of H-pyrrole nitrogens is 1. The summed E-state index contributed by atoms with van der Waals surface area (Å²) in [5.41, 5.74) is 0.925. The number of carbonyl (C=O) groups is 1. The van der Waals surface area contributed by atoms with Gasteiger partial charge in [0.2, 0.25) is 5.91 Å². The van der Waals surface area contributed by atoms with Crippen molar-refractivity contribution in [1.82, 2.24) is 10.2 Å². The minimum Gasteiger partial charge on any atom is -0.308 e. The van der Waals surface area contributed by atoms with E-state index in [0.717, 1.165) is 10.6 Å². The molecule has 2 aromatic rings. The van der Waals surface area contributed by atoms with E-state index in [2.05, 4.69) is 15.5 Å². The molecule has 1 heterocycles. The predicted molar refractivity (Wildman–Crippen MR) is 73.7 cm³/mol. The number of amides is 1. The third-order valence-electron chi connectivity index (χ3n) is 2.38. The SMILES string of the molecule is Cc1cc(NC(=O)C(C)Sc2ccccc2)n[nH]1. The van der Waals surface area contributed by atoms with Crippen molar-refractivity contribution in [2.75, 3.05) is 5.32 Å². The van der Waals surface area contributed by atoms with E-state index in [-0.39, 0.29) is 11.2 Å². The summed E-state index contributed by atoms with van der Waals surface area (Å²) >= 11 is 1.53. The molecule has 1 aromatic heterocycles. The van der Waals surface area contributed by atoms with Gasteiger partial charge in [0.05, 0.1) is 5.25 Å². The van der Waals surface area contributed by atoms with E-state index in [1.165, 1.54) is 11.8 Å². The molecule has 94 valence electrons. The molecule has 2 N–H and O–H groups in total. The minimum atomic E-state index is -0.163. The van der Waals surface area contributed by atoms with E-state index in [1.54, 1.807) is 6.07 Å². The molecule has 0 aliphatic carbocycles. The number of thioether (sulfide) groups is 1. The van der Waals surface area contributed by atoms with Crippen LogP contribution in [-0.2, 0) is 4.79 Å². The van der Waals surface area contributed by atoms with Crippen LogP contribution >= 0.6 is 11.8 Å². The fourth-order valence-electron chi connectivity index (χ4n) is 1.47. The van der Waals surface area contributed by atoms with E-state index in [9.17, 15) is 4.79 Å². The lowest BCUT2D eigenvalue weighted by molar-refractivity contribution is -0.115. The fraction of sp³-hybridized carbons (Fsp3) is 0.231. The van der Waals surface area contributed by atoms with Crippen LogP contribution in [0.2, 0.25) is 0 Å². The van der Waals surface area contributed by atoms with Crippen molar-refractivity contribution in [3.8, 4) is 0 Å². The fourth-order valence-corrected chi connectivity index (χ4v) is 2.36. The summed E-state index contributed by atoms with van der Waals surface area (Å²) in [6.07, 6.45) is 0. The molecular formula is C13H15N3OS. The maximum atomic E-state index is 11.9. The maximum absolute atomic E-state index is 11.9. The Morgan fingerprint density at radius 1 is 1.39 bits per heavy atom. The standard InChI is InChI=1S/C13H15N3OS/c1-9-8-12(16-15-9)14-13(17)10(2)18-11-6-4-3-5-7-11/h3-8,10H,1-2H3,(H2,14,15,16,17). The van der Waals surface area contributed by atoms with Crippen LogP contribution in [0.15, 0.2) is 41.3 Å². The number of nitrogens with one attached hydrogen (secondary N) is 2. The summed E-state index contributed by atoms with van der Waals surface area (Å²) in [6, 6.07) is 11.7. The van der Waals surface area contributed by atoms with Gasteiger partial charge < -0.3 is 5.32 Å². The first-order valence-corrected chi connectivity index (χ1v) is 6.57. The van der Waals surface area contributed by atoms with Crippen molar-refractivity contribution in [2.45, 2.75) is 24.0 Å². The number of hydrogen-bond donors (Lipinski definition) is 2. The highest BCUT2D eigenvalue weighted by Gasteiger charge is 2.15. The highest BCUT2D eigenvalue weighted by atomic mass is 32.2. The quantitative estimate of drug-likeness (QED) is 0.832. The average Bonchev–Trinajstić information content (AvgIpc) is 2.76. The van der Waals surface area contributed by atoms with Crippen LogP contribution in [0.1, 0.15) is 12.6 Å². The number of benzene rings is 1. The Kier molecular flexibility index (Phi) is 4.04. The molecule has 0 aliphatic rings. The smallest absolute Gasteiger partial charge is 0.238 e. The maximum Gasteiger partial charge on any atom is 0.238 e. The molecule has 18 heavy (non-hydrogen) atoms. The molecule has 0 saturated heterocycles. The lowest BCUT2D eigenvalue weighted by Crippen LogP contribution is -2.22. The molecule has 1 amide bonds. The Hall–Kier alpha value is -1.75. The largest absolute Gasteiger partial charge is 0.308 e. The van der Waals surface area contributed by atoms with Crippen LogP contribution in [0, 0.1) is 6.92 Å². The lowest BCUT2D eigenvalue weighted by atomic mass is 10.4. The molecule has 0 bridgehead atoms. The molecule has 0 spiro atoms. The number of anilines is 1. The van der Waals surface area contributed by atoms with Gasteiger partial charge in [-0.1, -0.05) is 18.2 Å². The van der Waals surface area contributed by atoms with Crippen LogP contribution in [0.3, 0.4) is 0 Å². The van der Waals surface area contributed by atoms with Crippen molar-refractivity contribution < 1.29 is 4.79 Å². The highest BCUT2D eigenvalue weighted by Crippen LogP contribution is 2.23. The second-order valence-electron chi connectivity index (χ2n) is 4.00. The molecule has 4 nitrogen and oxygen atoms in total. The summed E-state index contributed by atoms with van der Waals surface area (Å²) in [4.78, 5) is 13.0. The Labute approximate surface area is 110 Å². The summed E-state index contributed by atoms with van der Waals surface area (Å²) in [6.45, 7) is 3.78. The van der Waals surface area contributed by atoms with E-state index in [4.69, 9.17) is 0 Å². The van der Waals surface area contributed by atoms with Crippen molar-refractivity contribution in [3.63, 3.8) is 0 Å². The van der Waals surface area contributed by atoms with Gasteiger partial charge in [0, 0.05) is 16.7 Å². The molecule has 2 rings (SSSR count). The summed E-state index contributed by atoms with van der Waals surface area (Å²) in [5, 5.41) is 9.39. The Balaban J connectivity index is 1.93. The van der Waals surface area contributed by atoms with E-state index >= 15 is 0 Å². The van der Waals surface area contributed by atoms with Gasteiger partial charge >= 0.3 is 0 Å². The van der Waals surface area contributed by atoms with Gasteiger partial charge in [-0.25, -0.2) is 0 Å². The first-order chi connectivity index (χ1) is 8.65. The van der Waals surface area contributed by atoms with Gasteiger partial charge in [0.15, 0.2) is 5.82 Å². The first-order valence-electron chi connectivity index (χ1n) is 5.70. The van der Waals surface area contributed by atoms with E-state index in [0.29, 0.717) is 5.82 Å². The Morgan fingerprint density at radius 3 is 2.72 bits per heavy atom. The molecule has 5 heteroatoms. The summed E-state index contributed by atoms with van der Waals surface area (Å²) in [7, 11) is 0. The van der Waals surface area contributed by atoms with Gasteiger partial charge in [-0.05, 0) is 26.0 Å².